The molecular weight excluding hydrogens is 162 g/mol. The molecule has 2 bridgehead atoms. The quantitative estimate of drug-likeness (QED) is 0.693. The molecule has 3 rings (SSSR count). The van der Waals surface area contributed by atoms with Crippen molar-refractivity contribution >= 4 is 5.91 Å². The Hall–Kier alpha value is -0.530. The molecule has 1 amide bonds. The smallest absolute Gasteiger partial charge is 0.223 e. The van der Waals surface area contributed by atoms with E-state index < -0.39 is 0 Å². The van der Waals surface area contributed by atoms with Gasteiger partial charge in [-0.15, -0.1) is 0 Å². The van der Waals surface area contributed by atoms with E-state index in [2.05, 4.69) is 5.32 Å². The molecule has 2 heteroatoms. The summed E-state index contributed by atoms with van der Waals surface area (Å²) in [5, 5.41) is 2.96. The normalized spacial score (nSPS) is 37.5. The summed E-state index contributed by atoms with van der Waals surface area (Å²) in [6.07, 6.45) is 6.51. The first-order valence-electron chi connectivity index (χ1n) is 5.59. The first kappa shape index (κ1) is 9.04. The Morgan fingerprint density at radius 1 is 1.31 bits per heavy atom. The maximum Gasteiger partial charge on any atom is 0.223 e. The highest BCUT2D eigenvalue weighted by Crippen LogP contribution is 2.44. The summed E-state index contributed by atoms with van der Waals surface area (Å²) < 4.78 is 0. The maximum atomic E-state index is 11.7. The zero-order valence-corrected chi connectivity index (χ0v) is 8.38. The van der Waals surface area contributed by atoms with Crippen LogP contribution >= 0.6 is 0 Å². The summed E-state index contributed by atoms with van der Waals surface area (Å²) in [7, 11) is 0. The predicted molar refractivity (Wildman–Crippen MR) is 52.2 cm³/mol. The van der Waals surface area contributed by atoms with Crippen LogP contribution in [0.25, 0.3) is 0 Å². The summed E-state index contributed by atoms with van der Waals surface area (Å²) in [6, 6.07) is 0. The topological polar surface area (TPSA) is 29.1 Å². The van der Waals surface area contributed by atoms with E-state index in [1.807, 2.05) is 6.92 Å². The van der Waals surface area contributed by atoms with Gasteiger partial charge in [0.25, 0.3) is 0 Å². The fourth-order valence-electron chi connectivity index (χ4n) is 3.00. The molecule has 0 aromatic rings. The van der Waals surface area contributed by atoms with E-state index in [0.29, 0.717) is 17.7 Å². The Morgan fingerprint density at radius 3 is 2.46 bits per heavy atom. The maximum absolute atomic E-state index is 11.7. The molecule has 1 atom stereocenters. The lowest BCUT2D eigenvalue weighted by Crippen LogP contribution is -2.41. The molecule has 0 aromatic heterocycles. The standard InChI is InChI=1S/C11H19NO/c1-2-12-11(13)10-7-8-3-5-9(10)6-4-8/h8-10H,2-7H2,1H3,(H,12,13)/t8?,9?,10-/m1/s1. The van der Waals surface area contributed by atoms with Gasteiger partial charge in [-0.2, -0.15) is 0 Å². The zero-order valence-electron chi connectivity index (χ0n) is 8.38. The van der Waals surface area contributed by atoms with Crippen LogP contribution in [-0.2, 0) is 4.79 Å². The number of nitrogens with one attached hydrogen (secondary N) is 1. The molecule has 3 aliphatic rings. The van der Waals surface area contributed by atoms with E-state index in [9.17, 15) is 4.79 Å². The van der Waals surface area contributed by atoms with Crippen LogP contribution in [0.2, 0.25) is 0 Å². The van der Waals surface area contributed by atoms with Crippen molar-refractivity contribution in [3.8, 4) is 0 Å². The van der Waals surface area contributed by atoms with Crippen molar-refractivity contribution in [1.82, 2.24) is 5.32 Å². The summed E-state index contributed by atoms with van der Waals surface area (Å²) >= 11 is 0. The fraction of sp³-hybridized carbons (Fsp3) is 0.909. The number of carbonyl (C=O) groups is 1. The van der Waals surface area contributed by atoms with Crippen LogP contribution in [0.15, 0.2) is 0 Å². The van der Waals surface area contributed by atoms with E-state index in [0.717, 1.165) is 18.9 Å². The summed E-state index contributed by atoms with van der Waals surface area (Å²) in [5.41, 5.74) is 0. The minimum atomic E-state index is 0.317. The van der Waals surface area contributed by atoms with Crippen LogP contribution in [0.5, 0.6) is 0 Å². The second-order valence-electron chi connectivity index (χ2n) is 4.52. The molecule has 3 aliphatic carbocycles. The lowest BCUT2D eigenvalue weighted by atomic mass is 9.64. The molecule has 2 nitrogen and oxygen atoms in total. The van der Waals surface area contributed by atoms with Gasteiger partial charge in [-0.05, 0) is 38.0 Å². The molecule has 74 valence electrons. The van der Waals surface area contributed by atoms with Gasteiger partial charge in [0, 0.05) is 12.5 Å². The van der Waals surface area contributed by atoms with Crippen LogP contribution in [0.3, 0.4) is 0 Å². The fourth-order valence-corrected chi connectivity index (χ4v) is 3.00. The van der Waals surface area contributed by atoms with Gasteiger partial charge in [0.2, 0.25) is 5.91 Å². The van der Waals surface area contributed by atoms with Gasteiger partial charge in [-0.25, -0.2) is 0 Å². The molecule has 13 heavy (non-hydrogen) atoms. The molecule has 0 unspecified atom stereocenters. The van der Waals surface area contributed by atoms with E-state index in [4.69, 9.17) is 0 Å². The molecule has 0 heterocycles. The van der Waals surface area contributed by atoms with Crippen LogP contribution < -0.4 is 5.32 Å². The number of fused-ring (bicyclic) bond motifs is 3. The van der Waals surface area contributed by atoms with Crippen molar-refractivity contribution < 1.29 is 4.79 Å². The second-order valence-corrected chi connectivity index (χ2v) is 4.52. The van der Waals surface area contributed by atoms with E-state index in [1.54, 1.807) is 0 Å². The molecule has 0 saturated heterocycles. The Labute approximate surface area is 80.1 Å². The van der Waals surface area contributed by atoms with E-state index in [1.165, 1.54) is 25.7 Å². The molecule has 0 spiro atoms. The largest absolute Gasteiger partial charge is 0.356 e. The van der Waals surface area contributed by atoms with E-state index >= 15 is 0 Å². The molecular formula is C11H19NO. The van der Waals surface area contributed by atoms with Gasteiger partial charge >= 0.3 is 0 Å². The summed E-state index contributed by atoms with van der Waals surface area (Å²) in [6.45, 7) is 2.78. The number of hydrogen-bond acceptors (Lipinski definition) is 1. The van der Waals surface area contributed by atoms with Gasteiger partial charge in [-0.1, -0.05) is 12.8 Å². The van der Waals surface area contributed by atoms with Crippen molar-refractivity contribution in [2.75, 3.05) is 6.54 Å². The molecule has 0 aliphatic heterocycles. The van der Waals surface area contributed by atoms with Crippen molar-refractivity contribution in [3.63, 3.8) is 0 Å². The Kier molecular flexibility index (Phi) is 2.56. The average Bonchev–Trinajstić information content (AvgIpc) is 2.20. The third-order valence-electron chi connectivity index (χ3n) is 3.74. The molecule has 3 saturated carbocycles. The number of amides is 1. The molecule has 1 N–H and O–H groups in total. The van der Waals surface area contributed by atoms with E-state index in [-0.39, 0.29) is 0 Å². The van der Waals surface area contributed by atoms with Gasteiger partial charge < -0.3 is 5.32 Å². The lowest BCUT2D eigenvalue weighted by Gasteiger charge is -2.41. The van der Waals surface area contributed by atoms with Gasteiger partial charge in [0.05, 0.1) is 0 Å². The van der Waals surface area contributed by atoms with Crippen molar-refractivity contribution in [2.24, 2.45) is 17.8 Å². The second kappa shape index (κ2) is 3.69. The highest BCUT2D eigenvalue weighted by molar-refractivity contribution is 5.79. The van der Waals surface area contributed by atoms with Crippen LogP contribution in [0, 0.1) is 17.8 Å². The first-order chi connectivity index (χ1) is 6.31. The van der Waals surface area contributed by atoms with Crippen LogP contribution in [0.1, 0.15) is 39.0 Å². The Morgan fingerprint density at radius 2 is 2.00 bits per heavy atom. The molecule has 0 aromatic carbocycles. The monoisotopic (exact) mass is 181 g/mol. The first-order valence-corrected chi connectivity index (χ1v) is 5.59. The van der Waals surface area contributed by atoms with Gasteiger partial charge in [0.1, 0.15) is 0 Å². The molecule has 3 fully saturated rings. The summed E-state index contributed by atoms with van der Waals surface area (Å²) in [4.78, 5) is 11.7. The van der Waals surface area contributed by atoms with Crippen LogP contribution in [0.4, 0.5) is 0 Å². The SMILES string of the molecule is CCNC(=O)[C@@H]1CC2CCC1CC2. The Bertz CT molecular complexity index is 194. The average molecular weight is 181 g/mol. The number of hydrogen-bond donors (Lipinski definition) is 1. The third-order valence-corrected chi connectivity index (χ3v) is 3.74. The zero-order chi connectivity index (χ0) is 9.26. The predicted octanol–water partition coefficient (Wildman–Crippen LogP) is 1.95. The highest BCUT2D eigenvalue weighted by atomic mass is 16.1. The number of carbonyl (C=O) groups excluding carboxylic acids is 1. The van der Waals surface area contributed by atoms with Crippen molar-refractivity contribution in [2.45, 2.75) is 39.0 Å². The number of rotatable bonds is 2. The Balaban J connectivity index is 1.96. The third kappa shape index (κ3) is 1.72. The van der Waals surface area contributed by atoms with Crippen molar-refractivity contribution in [3.05, 3.63) is 0 Å². The minimum Gasteiger partial charge on any atom is -0.356 e. The van der Waals surface area contributed by atoms with Gasteiger partial charge in [0.15, 0.2) is 0 Å². The highest BCUT2D eigenvalue weighted by Gasteiger charge is 2.38. The molecule has 0 radical (unpaired) electrons. The van der Waals surface area contributed by atoms with Crippen molar-refractivity contribution in [1.29, 1.82) is 0 Å². The van der Waals surface area contributed by atoms with Gasteiger partial charge in [-0.3, -0.25) is 4.79 Å². The van der Waals surface area contributed by atoms with Crippen LogP contribution in [-0.4, -0.2) is 12.5 Å². The summed E-state index contributed by atoms with van der Waals surface area (Å²) in [5.74, 6) is 2.23. The minimum absolute atomic E-state index is 0.317. The lowest BCUT2D eigenvalue weighted by molar-refractivity contribution is -0.130.